The molecule has 4 aromatic rings. The number of anilines is 2. The molecule has 2 atom stereocenters. The van der Waals surface area contributed by atoms with Gasteiger partial charge in [0, 0.05) is 48.4 Å². The fourth-order valence-electron chi connectivity index (χ4n) is 5.47. The topological polar surface area (TPSA) is 89.4 Å². The molecular weight excluding hydrogens is 572 g/mol. The molecule has 1 saturated heterocycles. The Hall–Kier alpha value is -3.97. The van der Waals surface area contributed by atoms with Gasteiger partial charge in [-0.1, -0.05) is 36.4 Å². The van der Waals surface area contributed by atoms with Crippen molar-refractivity contribution in [2.45, 2.75) is 45.2 Å². The van der Waals surface area contributed by atoms with Crippen LogP contribution in [0, 0.1) is 12.7 Å². The SMILES string of the molecule is Cc1c(N2CCN(c3cscn3)CC2C)c(=O)n(C[C@H](N)c2ccccc2)c(=O)n1Cc1c(F)cccc1C(F)(F)F. The van der Waals surface area contributed by atoms with E-state index in [4.69, 9.17) is 5.73 Å². The summed E-state index contributed by atoms with van der Waals surface area (Å²) in [5.74, 6) is -0.277. The van der Waals surface area contributed by atoms with E-state index in [1.54, 1.807) is 35.8 Å². The van der Waals surface area contributed by atoms with E-state index in [0.29, 0.717) is 25.2 Å². The number of benzene rings is 2. The van der Waals surface area contributed by atoms with Crippen LogP contribution in [0.2, 0.25) is 0 Å². The highest BCUT2D eigenvalue weighted by Gasteiger charge is 2.36. The number of alkyl halides is 3. The van der Waals surface area contributed by atoms with Gasteiger partial charge < -0.3 is 15.5 Å². The van der Waals surface area contributed by atoms with E-state index in [1.165, 1.54) is 18.3 Å². The number of aromatic nitrogens is 3. The first-order valence-electron chi connectivity index (χ1n) is 13.4. The molecule has 5 rings (SSSR count). The molecule has 1 unspecified atom stereocenters. The number of thiazole rings is 1. The Morgan fingerprint density at radius 3 is 2.45 bits per heavy atom. The molecule has 222 valence electrons. The molecule has 2 aromatic heterocycles. The second-order valence-electron chi connectivity index (χ2n) is 10.3. The molecule has 1 aliphatic heterocycles. The highest BCUT2D eigenvalue weighted by molar-refractivity contribution is 7.07. The Labute approximate surface area is 243 Å². The fourth-order valence-corrected chi connectivity index (χ4v) is 6.03. The monoisotopic (exact) mass is 602 g/mol. The molecule has 0 amide bonds. The first-order chi connectivity index (χ1) is 20.0. The van der Waals surface area contributed by atoms with Crippen molar-refractivity contribution >= 4 is 22.8 Å². The lowest BCUT2D eigenvalue weighted by atomic mass is 10.1. The third-order valence-corrected chi connectivity index (χ3v) is 8.24. The van der Waals surface area contributed by atoms with Crippen molar-refractivity contribution in [2.24, 2.45) is 5.73 Å². The number of nitrogens with two attached hydrogens (primary N) is 1. The van der Waals surface area contributed by atoms with Crippen LogP contribution in [-0.2, 0) is 19.3 Å². The molecule has 0 aliphatic carbocycles. The molecule has 8 nitrogen and oxygen atoms in total. The van der Waals surface area contributed by atoms with Gasteiger partial charge in [0.2, 0.25) is 0 Å². The molecule has 2 aromatic carbocycles. The first-order valence-corrected chi connectivity index (χ1v) is 14.3. The lowest BCUT2D eigenvalue weighted by Crippen LogP contribution is -2.56. The van der Waals surface area contributed by atoms with E-state index < -0.39 is 47.0 Å². The maximum atomic E-state index is 14.9. The molecule has 0 bridgehead atoms. The van der Waals surface area contributed by atoms with Crippen LogP contribution in [0.4, 0.5) is 29.1 Å². The summed E-state index contributed by atoms with van der Waals surface area (Å²) < 4.78 is 58.5. The van der Waals surface area contributed by atoms with E-state index in [0.717, 1.165) is 33.2 Å². The highest BCUT2D eigenvalue weighted by atomic mass is 32.1. The van der Waals surface area contributed by atoms with Crippen LogP contribution in [0.3, 0.4) is 0 Å². The highest BCUT2D eigenvalue weighted by Crippen LogP contribution is 2.34. The van der Waals surface area contributed by atoms with E-state index in [2.05, 4.69) is 9.88 Å². The maximum Gasteiger partial charge on any atom is 0.416 e. The van der Waals surface area contributed by atoms with Crippen LogP contribution in [0.25, 0.3) is 0 Å². The molecule has 13 heteroatoms. The lowest BCUT2D eigenvalue weighted by Gasteiger charge is -2.41. The Kier molecular flexibility index (Phi) is 8.24. The van der Waals surface area contributed by atoms with Crippen LogP contribution in [-0.4, -0.2) is 39.8 Å². The second-order valence-corrected chi connectivity index (χ2v) is 11.1. The van der Waals surface area contributed by atoms with Crippen molar-refractivity contribution in [3.05, 3.63) is 108 Å². The molecule has 1 fully saturated rings. The number of rotatable bonds is 7. The molecule has 0 radical (unpaired) electrons. The number of piperazine rings is 1. The zero-order chi connectivity index (χ0) is 30.2. The van der Waals surface area contributed by atoms with E-state index >= 15 is 0 Å². The normalized spacial score (nSPS) is 16.6. The first kappa shape index (κ1) is 29.5. The summed E-state index contributed by atoms with van der Waals surface area (Å²) >= 11 is 1.47. The van der Waals surface area contributed by atoms with E-state index in [9.17, 15) is 27.2 Å². The van der Waals surface area contributed by atoms with E-state index in [1.807, 2.05) is 17.2 Å². The van der Waals surface area contributed by atoms with Crippen molar-refractivity contribution < 1.29 is 17.6 Å². The standard InChI is InChI=1S/C29H30F4N6O2S/c1-18-13-36(25-16-42-17-35-25)11-12-37(18)26-19(2)38(14-21-22(29(31,32)33)9-6-10-23(21)30)28(41)39(27(26)40)15-24(34)20-7-4-3-5-8-20/h3-10,16-18,24H,11-15,34H2,1-2H3/t18?,24-/m0/s1. The Morgan fingerprint density at radius 2 is 1.81 bits per heavy atom. The van der Waals surface area contributed by atoms with Crippen LogP contribution in [0.5, 0.6) is 0 Å². The Morgan fingerprint density at radius 1 is 1.07 bits per heavy atom. The molecule has 2 N–H and O–H groups in total. The van der Waals surface area contributed by atoms with Gasteiger partial charge in [0.25, 0.3) is 5.56 Å². The Balaban J connectivity index is 1.63. The molecule has 3 heterocycles. The molecule has 0 spiro atoms. The molecule has 1 aliphatic rings. The average Bonchev–Trinajstić information content (AvgIpc) is 3.50. The number of nitrogens with zero attached hydrogens (tertiary/aromatic N) is 5. The van der Waals surface area contributed by atoms with Gasteiger partial charge in [0.05, 0.1) is 24.2 Å². The van der Waals surface area contributed by atoms with Crippen LogP contribution in [0.15, 0.2) is 69.0 Å². The van der Waals surface area contributed by atoms with Gasteiger partial charge >= 0.3 is 11.9 Å². The maximum absolute atomic E-state index is 14.9. The molecule has 0 saturated carbocycles. The van der Waals surface area contributed by atoms with Gasteiger partial charge in [0.15, 0.2) is 0 Å². The van der Waals surface area contributed by atoms with Gasteiger partial charge in [0.1, 0.15) is 17.3 Å². The van der Waals surface area contributed by atoms with Gasteiger partial charge in [-0.2, -0.15) is 13.2 Å². The summed E-state index contributed by atoms with van der Waals surface area (Å²) in [5, 5.41) is 1.93. The largest absolute Gasteiger partial charge is 0.416 e. The number of hydrogen-bond donors (Lipinski definition) is 1. The van der Waals surface area contributed by atoms with Crippen molar-refractivity contribution in [3.8, 4) is 0 Å². The number of hydrogen-bond acceptors (Lipinski definition) is 7. The summed E-state index contributed by atoms with van der Waals surface area (Å²) in [4.78, 5) is 36.1. The number of halogens is 4. The van der Waals surface area contributed by atoms with Crippen LogP contribution >= 0.6 is 11.3 Å². The minimum Gasteiger partial charge on any atom is -0.359 e. The molecular formula is C29H30F4N6O2S. The zero-order valence-electron chi connectivity index (χ0n) is 23.0. The predicted octanol–water partition coefficient (Wildman–Crippen LogP) is 4.40. The summed E-state index contributed by atoms with van der Waals surface area (Å²) in [6, 6.07) is 10.6. The second kappa shape index (κ2) is 11.7. The van der Waals surface area contributed by atoms with Gasteiger partial charge in [-0.25, -0.2) is 14.2 Å². The quantitative estimate of drug-likeness (QED) is 0.316. The Bertz CT molecular complexity index is 1670. The van der Waals surface area contributed by atoms with Crippen molar-refractivity contribution in [1.29, 1.82) is 0 Å². The van der Waals surface area contributed by atoms with Crippen molar-refractivity contribution in [1.82, 2.24) is 14.1 Å². The van der Waals surface area contributed by atoms with Gasteiger partial charge in [-0.3, -0.25) is 13.9 Å². The van der Waals surface area contributed by atoms with Crippen LogP contribution < -0.4 is 26.8 Å². The summed E-state index contributed by atoms with van der Waals surface area (Å²) in [6.07, 6.45) is -4.84. The predicted molar refractivity (Wildman–Crippen MR) is 155 cm³/mol. The van der Waals surface area contributed by atoms with Crippen molar-refractivity contribution in [3.63, 3.8) is 0 Å². The summed E-state index contributed by atoms with van der Waals surface area (Å²) in [6.45, 7) is 3.95. The third kappa shape index (κ3) is 5.71. The minimum atomic E-state index is -4.84. The average molecular weight is 603 g/mol. The van der Waals surface area contributed by atoms with Gasteiger partial charge in [-0.05, 0) is 31.5 Å². The third-order valence-electron chi connectivity index (χ3n) is 7.66. The van der Waals surface area contributed by atoms with Crippen LogP contribution in [0.1, 0.15) is 35.3 Å². The minimum absolute atomic E-state index is 0.153. The van der Waals surface area contributed by atoms with Gasteiger partial charge in [-0.15, -0.1) is 11.3 Å². The molecule has 42 heavy (non-hydrogen) atoms. The zero-order valence-corrected chi connectivity index (χ0v) is 23.8. The summed E-state index contributed by atoms with van der Waals surface area (Å²) in [7, 11) is 0. The van der Waals surface area contributed by atoms with Crippen molar-refractivity contribution in [2.75, 3.05) is 29.4 Å². The fraction of sp³-hybridized carbons (Fsp3) is 0.345. The summed E-state index contributed by atoms with van der Waals surface area (Å²) in [5.41, 5.74) is 5.81. The lowest BCUT2D eigenvalue weighted by molar-refractivity contribution is -0.138. The van der Waals surface area contributed by atoms with E-state index in [-0.39, 0.29) is 24.0 Å². The smallest absolute Gasteiger partial charge is 0.359 e.